The summed E-state index contributed by atoms with van der Waals surface area (Å²) in [6.07, 6.45) is 2.26. The molecule has 6 heteroatoms. The van der Waals surface area contributed by atoms with Gasteiger partial charge in [-0.2, -0.15) is 0 Å². The van der Waals surface area contributed by atoms with E-state index in [9.17, 15) is 9.59 Å². The van der Waals surface area contributed by atoms with Crippen molar-refractivity contribution in [3.05, 3.63) is 29.0 Å². The molecule has 1 aromatic rings. The third-order valence-corrected chi connectivity index (χ3v) is 2.70. The van der Waals surface area contributed by atoms with Gasteiger partial charge in [-0.1, -0.05) is 11.6 Å². The van der Waals surface area contributed by atoms with Crippen molar-refractivity contribution < 1.29 is 14.7 Å². The van der Waals surface area contributed by atoms with Crippen molar-refractivity contribution in [3.63, 3.8) is 0 Å². The molecule has 84 valence electrons. The van der Waals surface area contributed by atoms with Crippen LogP contribution in [0.15, 0.2) is 18.3 Å². The van der Waals surface area contributed by atoms with Gasteiger partial charge in [0.05, 0.1) is 5.02 Å². The number of carboxylic acid groups (broad SMARTS) is 1. The second-order valence-corrected chi connectivity index (χ2v) is 4.14. The molecule has 0 saturated heterocycles. The van der Waals surface area contributed by atoms with Crippen molar-refractivity contribution >= 4 is 23.5 Å². The van der Waals surface area contributed by atoms with E-state index in [2.05, 4.69) is 10.3 Å². The number of hydrogen-bond donors (Lipinski definition) is 2. The van der Waals surface area contributed by atoms with Gasteiger partial charge in [-0.25, -0.2) is 9.78 Å². The molecular formula is C10H9ClN2O3. The van der Waals surface area contributed by atoms with Crippen LogP contribution in [-0.4, -0.2) is 27.5 Å². The minimum absolute atomic E-state index is 0.164. The first-order valence-corrected chi connectivity index (χ1v) is 5.09. The predicted molar refractivity (Wildman–Crippen MR) is 56.3 cm³/mol. The van der Waals surface area contributed by atoms with E-state index in [1.807, 2.05) is 0 Å². The quantitative estimate of drug-likeness (QED) is 0.829. The Hall–Kier alpha value is -1.62. The van der Waals surface area contributed by atoms with Crippen molar-refractivity contribution in [2.75, 3.05) is 0 Å². The smallest absolute Gasteiger partial charge is 0.329 e. The van der Waals surface area contributed by atoms with Crippen LogP contribution < -0.4 is 5.32 Å². The minimum Gasteiger partial charge on any atom is -0.480 e. The predicted octanol–water partition coefficient (Wildman–Crippen LogP) is 1.08. The van der Waals surface area contributed by atoms with E-state index in [1.54, 1.807) is 0 Å². The van der Waals surface area contributed by atoms with Gasteiger partial charge in [0.15, 0.2) is 0 Å². The number of aromatic nitrogens is 1. The average molecular weight is 241 g/mol. The molecule has 0 atom stereocenters. The second-order valence-electron chi connectivity index (χ2n) is 3.70. The summed E-state index contributed by atoms with van der Waals surface area (Å²) in [5, 5.41) is 11.8. The van der Waals surface area contributed by atoms with E-state index in [-0.39, 0.29) is 5.69 Å². The highest BCUT2D eigenvalue weighted by atomic mass is 35.5. The molecule has 1 aromatic heterocycles. The molecular weight excluding hydrogens is 232 g/mol. The number of halogens is 1. The fraction of sp³-hybridized carbons (Fsp3) is 0.300. The van der Waals surface area contributed by atoms with Crippen LogP contribution in [0.2, 0.25) is 5.02 Å². The van der Waals surface area contributed by atoms with Gasteiger partial charge in [0.2, 0.25) is 0 Å². The Morgan fingerprint density at radius 2 is 2.12 bits per heavy atom. The number of nitrogens with one attached hydrogen (secondary N) is 1. The van der Waals surface area contributed by atoms with Crippen molar-refractivity contribution in [1.82, 2.24) is 10.3 Å². The molecule has 1 heterocycles. The zero-order valence-electron chi connectivity index (χ0n) is 8.24. The lowest BCUT2D eigenvalue weighted by Gasteiger charge is -2.11. The van der Waals surface area contributed by atoms with E-state index < -0.39 is 17.4 Å². The molecule has 0 unspecified atom stereocenters. The molecule has 0 aliphatic heterocycles. The topological polar surface area (TPSA) is 79.3 Å². The molecule has 0 bridgehead atoms. The molecule has 2 N–H and O–H groups in total. The van der Waals surface area contributed by atoms with Crippen LogP contribution >= 0.6 is 11.6 Å². The third-order valence-electron chi connectivity index (χ3n) is 2.47. The molecule has 0 radical (unpaired) electrons. The monoisotopic (exact) mass is 240 g/mol. The Labute approximate surface area is 96.4 Å². The van der Waals surface area contributed by atoms with Crippen LogP contribution in [0.5, 0.6) is 0 Å². The van der Waals surface area contributed by atoms with Gasteiger partial charge in [-0.3, -0.25) is 4.79 Å². The van der Waals surface area contributed by atoms with E-state index in [4.69, 9.17) is 16.7 Å². The van der Waals surface area contributed by atoms with E-state index in [0.29, 0.717) is 17.9 Å². The van der Waals surface area contributed by atoms with Crippen molar-refractivity contribution in [1.29, 1.82) is 0 Å². The summed E-state index contributed by atoms with van der Waals surface area (Å²) in [7, 11) is 0. The van der Waals surface area contributed by atoms with Crippen LogP contribution in [-0.2, 0) is 4.79 Å². The van der Waals surface area contributed by atoms with Crippen molar-refractivity contribution in [2.24, 2.45) is 0 Å². The Balaban J connectivity index is 2.09. The van der Waals surface area contributed by atoms with Crippen molar-refractivity contribution in [3.8, 4) is 0 Å². The summed E-state index contributed by atoms with van der Waals surface area (Å²) in [6.45, 7) is 0. The van der Waals surface area contributed by atoms with Crippen LogP contribution in [0.4, 0.5) is 0 Å². The Morgan fingerprint density at radius 1 is 1.44 bits per heavy atom. The highest BCUT2D eigenvalue weighted by molar-refractivity contribution is 6.30. The molecule has 1 amide bonds. The Bertz CT molecular complexity index is 440. The van der Waals surface area contributed by atoms with Gasteiger partial charge in [0.25, 0.3) is 5.91 Å². The van der Waals surface area contributed by atoms with Gasteiger partial charge in [0, 0.05) is 6.20 Å². The molecule has 5 nitrogen and oxygen atoms in total. The lowest BCUT2D eigenvalue weighted by molar-refractivity contribution is -0.140. The largest absolute Gasteiger partial charge is 0.480 e. The maximum atomic E-state index is 11.6. The Morgan fingerprint density at radius 3 is 2.56 bits per heavy atom. The number of rotatable bonds is 3. The van der Waals surface area contributed by atoms with E-state index in [1.165, 1.54) is 18.3 Å². The number of nitrogens with zero attached hydrogens (tertiary/aromatic N) is 1. The van der Waals surface area contributed by atoms with Crippen LogP contribution in [0.3, 0.4) is 0 Å². The number of carbonyl (C=O) groups excluding carboxylic acids is 1. The molecule has 1 fully saturated rings. The second kappa shape index (κ2) is 3.75. The molecule has 1 aliphatic carbocycles. The number of hydrogen-bond acceptors (Lipinski definition) is 3. The average Bonchev–Trinajstić information content (AvgIpc) is 3.00. The van der Waals surface area contributed by atoms with E-state index in [0.717, 1.165) is 0 Å². The van der Waals surface area contributed by atoms with E-state index >= 15 is 0 Å². The van der Waals surface area contributed by atoms with Gasteiger partial charge in [-0.15, -0.1) is 0 Å². The van der Waals surface area contributed by atoms with Gasteiger partial charge >= 0.3 is 5.97 Å². The summed E-state index contributed by atoms with van der Waals surface area (Å²) in [4.78, 5) is 26.3. The summed E-state index contributed by atoms with van der Waals surface area (Å²) < 4.78 is 0. The molecule has 1 saturated carbocycles. The summed E-state index contributed by atoms with van der Waals surface area (Å²) in [5.41, 5.74) is -0.921. The van der Waals surface area contributed by atoms with Gasteiger partial charge < -0.3 is 10.4 Å². The zero-order valence-corrected chi connectivity index (χ0v) is 8.99. The maximum absolute atomic E-state index is 11.6. The number of carbonyl (C=O) groups is 2. The summed E-state index contributed by atoms with van der Waals surface area (Å²) >= 11 is 5.62. The highest BCUT2D eigenvalue weighted by Crippen LogP contribution is 2.35. The first-order valence-electron chi connectivity index (χ1n) is 4.71. The summed E-state index contributed by atoms with van der Waals surface area (Å²) in [5.74, 6) is -1.49. The summed E-state index contributed by atoms with van der Waals surface area (Å²) in [6, 6.07) is 2.99. The fourth-order valence-corrected chi connectivity index (χ4v) is 1.42. The van der Waals surface area contributed by atoms with Gasteiger partial charge in [0.1, 0.15) is 11.2 Å². The number of pyridine rings is 1. The van der Waals surface area contributed by atoms with Crippen molar-refractivity contribution in [2.45, 2.75) is 18.4 Å². The SMILES string of the molecule is O=C(NC1(C(=O)O)CC1)c1ccc(Cl)cn1. The number of amides is 1. The first kappa shape index (κ1) is 10.9. The zero-order chi connectivity index (χ0) is 11.8. The first-order chi connectivity index (χ1) is 7.53. The standard InChI is InChI=1S/C10H9ClN2O3/c11-6-1-2-7(12-5-6)8(14)13-10(3-4-10)9(15)16/h1-2,5H,3-4H2,(H,13,14)(H,15,16). The molecule has 0 spiro atoms. The fourth-order valence-electron chi connectivity index (χ4n) is 1.31. The normalized spacial score (nSPS) is 16.6. The van der Waals surface area contributed by atoms with Crippen LogP contribution in [0.25, 0.3) is 0 Å². The maximum Gasteiger partial charge on any atom is 0.329 e. The molecule has 16 heavy (non-hydrogen) atoms. The Kier molecular flexibility index (Phi) is 2.55. The highest BCUT2D eigenvalue weighted by Gasteiger charge is 2.51. The molecule has 0 aromatic carbocycles. The minimum atomic E-state index is -1.08. The number of carboxylic acids is 1. The van der Waals surface area contributed by atoms with Crippen LogP contribution in [0.1, 0.15) is 23.3 Å². The lowest BCUT2D eigenvalue weighted by atomic mass is 10.2. The van der Waals surface area contributed by atoms with Gasteiger partial charge in [-0.05, 0) is 25.0 Å². The van der Waals surface area contributed by atoms with Crippen LogP contribution in [0, 0.1) is 0 Å². The molecule has 1 aliphatic rings. The number of aliphatic carboxylic acids is 1. The lowest BCUT2D eigenvalue weighted by Crippen LogP contribution is -2.43. The molecule has 2 rings (SSSR count). The third kappa shape index (κ3) is 1.99.